The zero-order chi connectivity index (χ0) is 11.8. The van der Waals surface area contributed by atoms with Crippen molar-refractivity contribution in [3.05, 3.63) is 0 Å². The number of nitrogens with two attached hydrogens (primary N) is 1. The molecule has 0 aliphatic carbocycles. The maximum absolute atomic E-state index is 11.5. The molecule has 0 aliphatic rings. The molecule has 2 amide bonds. The molecule has 0 aliphatic heterocycles. The number of nitrogens with zero attached hydrogens (tertiary/aromatic N) is 3. The van der Waals surface area contributed by atoms with Crippen molar-refractivity contribution < 1.29 is 9.59 Å². The third kappa shape index (κ3) is 6.46. The first-order valence-corrected chi connectivity index (χ1v) is 4.55. The number of hydrogen-bond acceptors (Lipinski definition) is 4. The highest BCUT2D eigenvalue weighted by molar-refractivity contribution is 5.80. The molecule has 0 radical (unpaired) electrons. The van der Waals surface area contributed by atoms with Crippen molar-refractivity contribution in [1.82, 2.24) is 9.80 Å². The Hall–Kier alpha value is -1.61. The fraction of sp³-hybridized carbons (Fsp3) is 0.667. The van der Waals surface area contributed by atoms with E-state index in [1.807, 2.05) is 6.07 Å². The summed E-state index contributed by atoms with van der Waals surface area (Å²) in [5.41, 5.74) is 4.98. The van der Waals surface area contributed by atoms with Crippen LogP contribution in [0.2, 0.25) is 0 Å². The van der Waals surface area contributed by atoms with Crippen molar-refractivity contribution >= 4 is 11.8 Å². The van der Waals surface area contributed by atoms with Crippen LogP contribution in [0.5, 0.6) is 0 Å². The van der Waals surface area contributed by atoms with Gasteiger partial charge >= 0.3 is 0 Å². The summed E-state index contributed by atoms with van der Waals surface area (Å²) in [5.74, 6) is -0.598. The minimum atomic E-state index is -0.468. The molecule has 0 aromatic rings. The quantitative estimate of drug-likeness (QED) is 0.597. The molecule has 15 heavy (non-hydrogen) atoms. The molecular weight excluding hydrogens is 196 g/mol. The molecule has 6 heteroatoms. The summed E-state index contributed by atoms with van der Waals surface area (Å²) in [6.45, 7) is 0.586. The highest BCUT2D eigenvalue weighted by Crippen LogP contribution is 1.91. The summed E-state index contributed by atoms with van der Waals surface area (Å²) in [7, 11) is 3.26. The average Bonchev–Trinajstić information content (AvgIpc) is 2.12. The van der Waals surface area contributed by atoms with Crippen LogP contribution in [-0.4, -0.2) is 55.3 Å². The van der Waals surface area contributed by atoms with Crippen molar-refractivity contribution in [3.63, 3.8) is 0 Å². The van der Waals surface area contributed by atoms with Crippen molar-refractivity contribution in [2.24, 2.45) is 5.73 Å². The topological polar surface area (TPSA) is 90.4 Å². The van der Waals surface area contributed by atoms with Gasteiger partial charge in [-0.15, -0.1) is 0 Å². The Morgan fingerprint density at radius 2 is 1.93 bits per heavy atom. The smallest absolute Gasteiger partial charge is 0.236 e. The van der Waals surface area contributed by atoms with Gasteiger partial charge in [0.15, 0.2) is 0 Å². The number of hydrogen-bond donors (Lipinski definition) is 1. The van der Waals surface area contributed by atoms with Crippen LogP contribution in [0.15, 0.2) is 0 Å². The van der Waals surface area contributed by atoms with Gasteiger partial charge in [0.2, 0.25) is 11.8 Å². The lowest BCUT2D eigenvalue weighted by Gasteiger charge is -2.19. The van der Waals surface area contributed by atoms with Gasteiger partial charge in [0.1, 0.15) is 0 Å². The van der Waals surface area contributed by atoms with Gasteiger partial charge in [0, 0.05) is 13.6 Å². The van der Waals surface area contributed by atoms with Crippen LogP contribution in [0, 0.1) is 11.3 Å². The predicted molar refractivity (Wildman–Crippen MR) is 54.6 cm³/mol. The predicted octanol–water partition coefficient (Wildman–Crippen LogP) is -1.22. The summed E-state index contributed by atoms with van der Waals surface area (Å²) in [4.78, 5) is 25.0. The first-order chi connectivity index (χ1) is 6.97. The molecule has 0 atom stereocenters. The van der Waals surface area contributed by atoms with Gasteiger partial charge < -0.3 is 10.6 Å². The van der Waals surface area contributed by atoms with Crippen molar-refractivity contribution in [1.29, 1.82) is 5.26 Å². The lowest BCUT2D eigenvalue weighted by atomic mass is 10.4. The summed E-state index contributed by atoms with van der Waals surface area (Å²) >= 11 is 0. The fourth-order valence-electron chi connectivity index (χ4n) is 1.02. The summed E-state index contributed by atoms with van der Waals surface area (Å²) in [6, 6.07) is 1.96. The van der Waals surface area contributed by atoms with Crippen molar-refractivity contribution in [3.8, 4) is 6.07 Å². The van der Waals surface area contributed by atoms with Crippen molar-refractivity contribution in [2.75, 3.05) is 33.7 Å². The Balaban J connectivity index is 3.91. The Bertz CT molecular complexity index is 272. The maximum Gasteiger partial charge on any atom is 0.236 e. The molecular formula is C9H16N4O2. The van der Waals surface area contributed by atoms with Crippen LogP contribution in [0.1, 0.15) is 6.42 Å². The minimum Gasteiger partial charge on any atom is -0.369 e. The van der Waals surface area contributed by atoms with Gasteiger partial charge in [-0.2, -0.15) is 5.26 Å². The Morgan fingerprint density at radius 1 is 1.33 bits per heavy atom. The number of likely N-dealkylation sites (N-methyl/N-ethyl adjacent to an activating group) is 2. The van der Waals surface area contributed by atoms with E-state index < -0.39 is 5.91 Å². The molecule has 0 fully saturated rings. The van der Waals surface area contributed by atoms with Gasteiger partial charge in [-0.3, -0.25) is 14.5 Å². The molecule has 6 nitrogen and oxygen atoms in total. The van der Waals surface area contributed by atoms with Gasteiger partial charge in [-0.05, 0) is 7.05 Å². The first-order valence-electron chi connectivity index (χ1n) is 4.55. The number of amides is 2. The molecule has 84 valence electrons. The van der Waals surface area contributed by atoms with E-state index in [9.17, 15) is 9.59 Å². The second-order valence-corrected chi connectivity index (χ2v) is 3.36. The minimum absolute atomic E-state index is 0.0534. The molecule has 2 N–H and O–H groups in total. The van der Waals surface area contributed by atoms with E-state index in [4.69, 9.17) is 11.0 Å². The van der Waals surface area contributed by atoms with Gasteiger partial charge in [-0.25, -0.2) is 0 Å². The molecule has 0 heterocycles. The molecule has 0 aromatic carbocycles. The average molecular weight is 212 g/mol. The van der Waals surface area contributed by atoms with E-state index in [2.05, 4.69) is 0 Å². The second-order valence-electron chi connectivity index (χ2n) is 3.36. The maximum atomic E-state index is 11.5. The molecule has 0 aromatic heterocycles. The Morgan fingerprint density at radius 3 is 2.40 bits per heavy atom. The van der Waals surface area contributed by atoms with E-state index in [1.165, 1.54) is 9.80 Å². The largest absolute Gasteiger partial charge is 0.369 e. The molecule has 0 bridgehead atoms. The van der Waals surface area contributed by atoms with Gasteiger partial charge in [-0.1, -0.05) is 0 Å². The van der Waals surface area contributed by atoms with E-state index in [0.717, 1.165) is 0 Å². The van der Waals surface area contributed by atoms with Crippen LogP contribution in [0.3, 0.4) is 0 Å². The molecule has 0 saturated heterocycles. The van der Waals surface area contributed by atoms with Crippen LogP contribution < -0.4 is 5.73 Å². The standard InChI is InChI=1S/C9H16N4O2/c1-12(6-8(11)14)7-9(15)13(2)5-3-4-10/h3,5-7H2,1-2H3,(H2,11,14). The third-order valence-corrected chi connectivity index (χ3v) is 1.82. The number of nitriles is 1. The van der Waals surface area contributed by atoms with Gasteiger partial charge in [0.25, 0.3) is 0 Å². The van der Waals surface area contributed by atoms with Gasteiger partial charge in [0.05, 0.1) is 25.6 Å². The first kappa shape index (κ1) is 13.4. The molecule has 0 spiro atoms. The van der Waals surface area contributed by atoms with Crippen LogP contribution in [0.25, 0.3) is 0 Å². The zero-order valence-corrected chi connectivity index (χ0v) is 9.06. The number of carbonyl (C=O) groups is 2. The lowest BCUT2D eigenvalue weighted by molar-refractivity contribution is -0.131. The van der Waals surface area contributed by atoms with Crippen LogP contribution >= 0.6 is 0 Å². The molecule has 0 unspecified atom stereocenters. The highest BCUT2D eigenvalue weighted by atomic mass is 16.2. The van der Waals surface area contributed by atoms with Crippen LogP contribution in [0.4, 0.5) is 0 Å². The van der Waals surface area contributed by atoms with E-state index in [-0.39, 0.29) is 19.0 Å². The number of rotatable bonds is 6. The Labute approximate surface area is 89.2 Å². The highest BCUT2D eigenvalue weighted by Gasteiger charge is 2.12. The second kappa shape index (κ2) is 6.79. The molecule has 0 rings (SSSR count). The van der Waals surface area contributed by atoms with Crippen LogP contribution in [-0.2, 0) is 9.59 Å². The Kier molecular flexibility index (Phi) is 6.06. The zero-order valence-electron chi connectivity index (χ0n) is 9.06. The summed E-state index contributed by atoms with van der Waals surface area (Å²) in [5, 5.41) is 8.34. The van der Waals surface area contributed by atoms with E-state index in [0.29, 0.717) is 13.0 Å². The molecule has 0 saturated carbocycles. The lowest BCUT2D eigenvalue weighted by Crippen LogP contribution is -2.40. The number of carbonyl (C=O) groups excluding carboxylic acids is 2. The monoisotopic (exact) mass is 212 g/mol. The third-order valence-electron chi connectivity index (χ3n) is 1.82. The fourth-order valence-corrected chi connectivity index (χ4v) is 1.02. The SMILES string of the molecule is CN(CC(N)=O)CC(=O)N(C)CCC#N. The summed E-state index contributed by atoms with van der Waals surface area (Å²) < 4.78 is 0. The van der Waals surface area contributed by atoms with E-state index >= 15 is 0 Å². The normalized spacial score (nSPS) is 9.73. The summed E-state index contributed by atoms with van der Waals surface area (Å²) in [6.07, 6.45) is 0.307. The number of primary amides is 1. The van der Waals surface area contributed by atoms with E-state index in [1.54, 1.807) is 14.1 Å². The van der Waals surface area contributed by atoms with Crippen molar-refractivity contribution in [2.45, 2.75) is 6.42 Å².